The number of aromatic nitrogens is 2. The zero-order valence-corrected chi connectivity index (χ0v) is 18.2. The number of hydrogen-bond donors (Lipinski definition) is 1. The molecule has 0 atom stereocenters. The summed E-state index contributed by atoms with van der Waals surface area (Å²) in [6, 6.07) is 13.2. The highest BCUT2D eigenvalue weighted by molar-refractivity contribution is 6.30. The molecule has 3 rings (SSSR count). The Hall–Kier alpha value is -4.16. The van der Waals surface area contributed by atoms with E-state index in [1.54, 1.807) is 42.5 Å². The molecular formula is C22H18ClN5O4. The summed E-state index contributed by atoms with van der Waals surface area (Å²) < 4.78 is 11.4. The van der Waals surface area contributed by atoms with Gasteiger partial charge in [0.2, 0.25) is 0 Å². The maximum atomic E-state index is 12.7. The lowest BCUT2D eigenvalue weighted by Gasteiger charge is -2.10. The largest absolute Gasteiger partial charge is 0.497 e. The van der Waals surface area contributed by atoms with E-state index in [1.165, 1.54) is 27.4 Å². The van der Waals surface area contributed by atoms with E-state index >= 15 is 0 Å². The van der Waals surface area contributed by atoms with Crippen molar-refractivity contribution in [1.29, 1.82) is 5.26 Å². The van der Waals surface area contributed by atoms with E-state index in [0.717, 1.165) is 4.68 Å². The number of halogens is 1. The fourth-order valence-corrected chi connectivity index (χ4v) is 2.97. The van der Waals surface area contributed by atoms with Crippen molar-refractivity contribution in [2.75, 3.05) is 14.2 Å². The lowest BCUT2D eigenvalue weighted by atomic mass is 10.1. The minimum Gasteiger partial charge on any atom is -0.497 e. The second-order valence-corrected chi connectivity index (χ2v) is 6.90. The Morgan fingerprint density at radius 2 is 1.94 bits per heavy atom. The van der Waals surface area contributed by atoms with E-state index in [-0.39, 0.29) is 16.8 Å². The van der Waals surface area contributed by atoms with Crippen LogP contribution in [0.15, 0.2) is 52.4 Å². The van der Waals surface area contributed by atoms with Gasteiger partial charge < -0.3 is 9.47 Å². The van der Waals surface area contributed by atoms with Crippen molar-refractivity contribution in [3.63, 3.8) is 0 Å². The molecule has 1 amide bonds. The molecule has 162 valence electrons. The van der Waals surface area contributed by atoms with Gasteiger partial charge in [-0.25, -0.2) is 5.43 Å². The molecule has 0 aliphatic carbocycles. The number of benzene rings is 2. The van der Waals surface area contributed by atoms with E-state index in [1.807, 2.05) is 6.07 Å². The first-order chi connectivity index (χ1) is 15.4. The number of amides is 1. The van der Waals surface area contributed by atoms with Crippen molar-refractivity contribution < 1.29 is 14.3 Å². The fourth-order valence-electron chi connectivity index (χ4n) is 2.85. The van der Waals surface area contributed by atoms with Crippen LogP contribution in [0.4, 0.5) is 0 Å². The molecular weight excluding hydrogens is 434 g/mol. The number of methoxy groups -OCH3 is 2. The third-order valence-corrected chi connectivity index (χ3v) is 4.80. The van der Waals surface area contributed by atoms with Crippen LogP contribution in [0.3, 0.4) is 0 Å². The van der Waals surface area contributed by atoms with E-state index in [0.29, 0.717) is 27.8 Å². The fraction of sp³-hybridized carbons (Fsp3) is 0.136. The van der Waals surface area contributed by atoms with Crippen LogP contribution in [0.1, 0.15) is 27.2 Å². The Balaban J connectivity index is 1.94. The zero-order chi connectivity index (χ0) is 23.3. The Morgan fingerprint density at radius 3 is 2.56 bits per heavy atom. The summed E-state index contributed by atoms with van der Waals surface area (Å²) in [5, 5.41) is 18.0. The molecule has 2 aromatic carbocycles. The molecule has 1 aromatic heterocycles. The number of carbonyl (C=O) groups excluding carboxylic acids is 1. The first-order valence-electron chi connectivity index (χ1n) is 9.25. The summed E-state index contributed by atoms with van der Waals surface area (Å²) in [5.41, 5.74) is 2.52. The first kappa shape index (κ1) is 22.5. The van der Waals surface area contributed by atoms with Crippen LogP contribution in [-0.2, 0) is 0 Å². The molecule has 0 radical (unpaired) electrons. The lowest BCUT2D eigenvalue weighted by Crippen LogP contribution is -2.31. The molecule has 32 heavy (non-hydrogen) atoms. The average molecular weight is 452 g/mol. The van der Waals surface area contributed by atoms with E-state index < -0.39 is 11.5 Å². The second kappa shape index (κ2) is 9.76. The van der Waals surface area contributed by atoms with Gasteiger partial charge in [0.1, 0.15) is 23.1 Å². The predicted molar refractivity (Wildman–Crippen MR) is 119 cm³/mol. The SMILES string of the molecule is COc1ccc(/C=N/NC(=O)c2nn(-c3ccc(Cl)cc3)c(=O)c(C#N)c2C)c(OC)c1. The average Bonchev–Trinajstić information content (AvgIpc) is 2.80. The van der Waals surface area contributed by atoms with Crippen molar-refractivity contribution in [2.24, 2.45) is 5.10 Å². The van der Waals surface area contributed by atoms with Crippen LogP contribution in [0, 0.1) is 18.3 Å². The standard InChI is InChI=1S/C22H18ClN5O4/c1-13-18(11-24)22(30)28(16-7-5-15(23)6-8-16)27-20(13)21(29)26-25-12-14-4-9-17(31-2)10-19(14)32-3/h4-10,12H,1-3H3,(H,26,29)/b25-12+. The number of hydrogen-bond acceptors (Lipinski definition) is 7. The number of rotatable bonds is 6. The van der Waals surface area contributed by atoms with Gasteiger partial charge in [0.05, 0.1) is 26.1 Å². The third-order valence-electron chi connectivity index (χ3n) is 4.54. The van der Waals surface area contributed by atoms with Gasteiger partial charge in [-0.2, -0.15) is 20.1 Å². The molecule has 10 heteroatoms. The molecule has 0 fully saturated rings. The van der Waals surface area contributed by atoms with Crippen molar-refractivity contribution in [3.05, 3.63) is 80.2 Å². The minimum absolute atomic E-state index is 0.116. The van der Waals surface area contributed by atoms with Crippen LogP contribution in [-0.4, -0.2) is 36.1 Å². The summed E-state index contributed by atoms with van der Waals surface area (Å²) in [6.45, 7) is 1.48. The van der Waals surface area contributed by atoms with Crippen LogP contribution in [0.2, 0.25) is 5.02 Å². The Bertz CT molecular complexity index is 1290. The molecule has 0 spiro atoms. The number of hydrazone groups is 1. The number of nitrogens with one attached hydrogen (secondary N) is 1. The van der Waals surface area contributed by atoms with E-state index in [9.17, 15) is 14.9 Å². The summed E-state index contributed by atoms with van der Waals surface area (Å²) in [7, 11) is 3.04. The molecule has 0 aliphatic heterocycles. The molecule has 0 saturated heterocycles. The summed E-state index contributed by atoms with van der Waals surface area (Å²) in [6.07, 6.45) is 1.39. The zero-order valence-electron chi connectivity index (χ0n) is 17.4. The van der Waals surface area contributed by atoms with Crippen molar-refractivity contribution >= 4 is 23.7 Å². The molecule has 0 unspecified atom stereocenters. The van der Waals surface area contributed by atoms with Gasteiger partial charge in [0.25, 0.3) is 11.5 Å². The van der Waals surface area contributed by atoms with E-state index in [4.69, 9.17) is 21.1 Å². The Kier molecular flexibility index (Phi) is 6.87. The molecule has 1 N–H and O–H groups in total. The number of carbonyl (C=O) groups is 1. The Labute approximate surface area is 188 Å². The van der Waals surface area contributed by atoms with Crippen molar-refractivity contribution in [2.45, 2.75) is 6.92 Å². The predicted octanol–water partition coefficient (Wildman–Crippen LogP) is 2.85. The van der Waals surface area contributed by atoms with Crippen LogP contribution >= 0.6 is 11.6 Å². The number of ether oxygens (including phenoxy) is 2. The summed E-state index contributed by atoms with van der Waals surface area (Å²) in [5.74, 6) is 0.418. The monoisotopic (exact) mass is 451 g/mol. The van der Waals surface area contributed by atoms with Gasteiger partial charge in [0.15, 0.2) is 5.69 Å². The van der Waals surface area contributed by atoms with Crippen molar-refractivity contribution in [1.82, 2.24) is 15.2 Å². The molecule has 0 bridgehead atoms. The van der Waals surface area contributed by atoms with Gasteiger partial charge >= 0.3 is 0 Å². The van der Waals surface area contributed by atoms with Gasteiger partial charge in [0, 0.05) is 22.2 Å². The van der Waals surface area contributed by atoms with Crippen LogP contribution in [0.5, 0.6) is 11.5 Å². The molecule has 1 heterocycles. The summed E-state index contributed by atoms with van der Waals surface area (Å²) in [4.78, 5) is 25.4. The van der Waals surface area contributed by atoms with Crippen LogP contribution < -0.4 is 20.5 Å². The number of nitriles is 1. The summed E-state index contributed by atoms with van der Waals surface area (Å²) >= 11 is 5.89. The molecule has 0 saturated carbocycles. The normalized spacial score (nSPS) is 10.6. The second-order valence-electron chi connectivity index (χ2n) is 6.46. The van der Waals surface area contributed by atoms with Gasteiger partial charge in [-0.1, -0.05) is 11.6 Å². The quantitative estimate of drug-likeness (QED) is 0.454. The third kappa shape index (κ3) is 4.61. The molecule has 0 aliphatic rings. The van der Waals surface area contributed by atoms with Gasteiger partial charge in [-0.3, -0.25) is 9.59 Å². The topological polar surface area (TPSA) is 119 Å². The van der Waals surface area contributed by atoms with Crippen molar-refractivity contribution in [3.8, 4) is 23.3 Å². The minimum atomic E-state index is -0.689. The van der Waals surface area contributed by atoms with E-state index in [2.05, 4.69) is 15.6 Å². The smallest absolute Gasteiger partial charge is 0.292 e. The lowest BCUT2D eigenvalue weighted by molar-refractivity contribution is 0.0947. The highest BCUT2D eigenvalue weighted by atomic mass is 35.5. The Morgan fingerprint density at radius 1 is 1.22 bits per heavy atom. The molecule has 3 aromatic rings. The van der Waals surface area contributed by atoms with Gasteiger partial charge in [-0.15, -0.1) is 0 Å². The molecule has 9 nitrogen and oxygen atoms in total. The first-order valence-corrected chi connectivity index (χ1v) is 9.62. The highest BCUT2D eigenvalue weighted by Crippen LogP contribution is 2.23. The maximum absolute atomic E-state index is 12.7. The van der Waals surface area contributed by atoms with Gasteiger partial charge in [-0.05, 0) is 43.3 Å². The maximum Gasteiger partial charge on any atom is 0.292 e. The van der Waals surface area contributed by atoms with Crippen LogP contribution in [0.25, 0.3) is 5.69 Å². The highest BCUT2D eigenvalue weighted by Gasteiger charge is 2.20. The number of nitrogens with zero attached hydrogens (tertiary/aromatic N) is 4.